The van der Waals surface area contributed by atoms with E-state index in [9.17, 15) is 30.4 Å². The van der Waals surface area contributed by atoms with Crippen LogP contribution in [0, 0.1) is 0 Å². The average Bonchev–Trinajstić information content (AvgIpc) is 3.34. The van der Waals surface area contributed by atoms with Gasteiger partial charge in [0, 0.05) is 5.56 Å². The molecule has 0 aliphatic heterocycles. The third-order valence-corrected chi connectivity index (χ3v) is 7.00. The summed E-state index contributed by atoms with van der Waals surface area (Å²) in [4.78, 5) is 0. The Bertz CT molecular complexity index is 2040. The summed E-state index contributed by atoms with van der Waals surface area (Å²) in [6, 6.07) is 11.3. The van der Waals surface area contributed by atoms with Gasteiger partial charge in [0.15, 0.2) is 29.6 Å². The van der Waals surface area contributed by atoms with Crippen molar-refractivity contribution < 1.29 is 61.5 Å². The molecule has 0 radical (unpaired) electrons. The van der Waals surface area contributed by atoms with Gasteiger partial charge in [-0.3, -0.25) is 0 Å². The van der Waals surface area contributed by atoms with Gasteiger partial charge < -0.3 is 36.3 Å². The monoisotopic (exact) mass is 686 g/mol. The standard InChI is InChI=1S/C26H26N2O14S3/c1-36-21-13-18(15-6-9-17(10-7-15)40-43(3,30)31)24(37-2)25(42-45(5,34)35)23(21)16-8-11-19(20(12-16)41-44(4,32)33)38-14-22-27-28-26(29)39-22/h6-13H,14H2,1-5H3,(H,28,29). The fraction of sp³-hybridized carbons (Fsp3) is 0.231. The first-order chi connectivity index (χ1) is 21.0. The second-order valence-corrected chi connectivity index (χ2v) is 13.9. The van der Waals surface area contributed by atoms with Crippen LogP contribution in [0.5, 0.6) is 40.6 Å². The smallest absolute Gasteiger partial charge is 0.412 e. The molecule has 1 N–H and O–H groups in total. The highest BCUT2D eigenvalue weighted by atomic mass is 32.2. The quantitative estimate of drug-likeness (QED) is 0.200. The van der Waals surface area contributed by atoms with Gasteiger partial charge >= 0.3 is 36.4 Å². The zero-order chi connectivity index (χ0) is 33.2. The molecule has 242 valence electrons. The van der Waals surface area contributed by atoms with E-state index in [4.69, 9.17) is 31.2 Å². The van der Waals surface area contributed by atoms with Crippen LogP contribution in [0.2, 0.25) is 0 Å². The molecule has 3 aromatic carbocycles. The molecule has 4 rings (SSSR count). The van der Waals surface area contributed by atoms with Gasteiger partial charge in [0.25, 0.3) is 5.89 Å². The highest BCUT2D eigenvalue weighted by Gasteiger charge is 2.27. The van der Waals surface area contributed by atoms with Crippen molar-refractivity contribution in [1.82, 2.24) is 10.2 Å². The molecule has 1 aromatic heterocycles. The summed E-state index contributed by atoms with van der Waals surface area (Å²) in [5, 5.41) is 16.1. The van der Waals surface area contributed by atoms with Crippen molar-refractivity contribution >= 4 is 30.4 Å². The largest absolute Gasteiger partial charge is 0.496 e. The predicted molar refractivity (Wildman–Crippen MR) is 157 cm³/mol. The maximum atomic E-state index is 12.5. The lowest BCUT2D eigenvalue weighted by Crippen LogP contribution is -2.10. The number of benzene rings is 3. The fourth-order valence-electron chi connectivity index (χ4n) is 4.02. The van der Waals surface area contributed by atoms with Gasteiger partial charge in [-0.15, -0.1) is 5.10 Å². The van der Waals surface area contributed by atoms with Crippen LogP contribution in [0.25, 0.3) is 22.3 Å². The number of aromatic hydroxyl groups is 1. The number of nitrogens with zero attached hydrogens (tertiary/aromatic N) is 2. The topological polar surface area (TPSA) is 217 Å². The van der Waals surface area contributed by atoms with Crippen LogP contribution >= 0.6 is 0 Å². The fourth-order valence-corrected chi connectivity index (χ4v) is 5.40. The van der Waals surface area contributed by atoms with E-state index in [-0.39, 0.29) is 63.7 Å². The molecular weight excluding hydrogens is 660 g/mol. The molecule has 4 aromatic rings. The first kappa shape index (κ1) is 33.1. The summed E-state index contributed by atoms with van der Waals surface area (Å²) in [6.45, 7) is -0.366. The van der Waals surface area contributed by atoms with Crippen LogP contribution in [0.15, 0.2) is 52.9 Å². The Balaban J connectivity index is 1.91. The van der Waals surface area contributed by atoms with E-state index >= 15 is 0 Å². The van der Waals surface area contributed by atoms with Gasteiger partial charge in [0.05, 0.1) is 38.6 Å². The molecular formula is C26H26N2O14S3. The van der Waals surface area contributed by atoms with Crippen LogP contribution in [-0.2, 0) is 37.0 Å². The maximum absolute atomic E-state index is 12.5. The molecule has 0 amide bonds. The summed E-state index contributed by atoms with van der Waals surface area (Å²) in [7, 11) is -9.50. The van der Waals surface area contributed by atoms with Crippen molar-refractivity contribution in [3.8, 4) is 62.8 Å². The Morgan fingerprint density at radius 2 is 1.31 bits per heavy atom. The molecule has 45 heavy (non-hydrogen) atoms. The second kappa shape index (κ2) is 12.7. The van der Waals surface area contributed by atoms with Crippen molar-refractivity contribution in [3.63, 3.8) is 0 Å². The van der Waals surface area contributed by atoms with Crippen molar-refractivity contribution in [2.45, 2.75) is 6.61 Å². The number of hydrogen-bond acceptors (Lipinski definition) is 16. The van der Waals surface area contributed by atoms with E-state index in [1.54, 1.807) is 0 Å². The molecule has 1 heterocycles. The Hall–Kier alpha value is -4.75. The second-order valence-electron chi connectivity index (χ2n) is 9.18. The van der Waals surface area contributed by atoms with Crippen LogP contribution in [0.4, 0.5) is 0 Å². The van der Waals surface area contributed by atoms with Gasteiger partial charge in [-0.2, -0.15) is 25.3 Å². The third kappa shape index (κ3) is 8.67. The summed E-state index contributed by atoms with van der Waals surface area (Å²) in [5.41, 5.74) is 0.923. The Kier molecular flexibility index (Phi) is 9.35. The molecule has 0 atom stereocenters. The van der Waals surface area contributed by atoms with E-state index in [0.29, 0.717) is 5.56 Å². The summed E-state index contributed by atoms with van der Waals surface area (Å²) < 4.78 is 109. The van der Waals surface area contributed by atoms with Crippen LogP contribution in [-0.4, -0.2) is 73.5 Å². The molecule has 0 aliphatic carbocycles. The Morgan fingerprint density at radius 3 is 1.84 bits per heavy atom. The summed E-state index contributed by atoms with van der Waals surface area (Å²) >= 11 is 0. The molecule has 0 fully saturated rings. The van der Waals surface area contributed by atoms with E-state index in [1.165, 1.54) is 62.8 Å². The van der Waals surface area contributed by atoms with Gasteiger partial charge in [0.2, 0.25) is 0 Å². The lowest BCUT2D eigenvalue weighted by atomic mass is 9.96. The van der Waals surface area contributed by atoms with E-state index in [1.807, 2.05) is 0 Å². The summed E-state index contributed by atoms with van der Waals surface area (Å²) in [6.07, 6.45) is 1.82. The first-order valence-corrected chi connectivity index (χ1v) is 17.8. The number of aromatic nitrogens is 2. The van der Waals surface area contributed by atoms with Crippen LogP contribution in [0.3, 0.4) is 0 Å². The van der Waals surface area contributed by atoms with Crippen LogP contribution < -0.4 is 26.8 Å². The van der Waals surface area contributed by atoms with Gasteiger partial charge in [-0.1, -0.05) is 23.3 Å². The normalized spacial score (nSPS) is 11.9. The van der Waals surface area contributed by atoms with Crippen molar-refractivity contribution in [2.75, 3.05) is 33.0 Å². The highest BCUT2D eigenvalue weighted by molar-refractivity contribution is 7.86. The van der Waals surface area contributed by atoms with Crippen molar-refractivity contribution in [3.05, 3.63) is 54.4 Å². The zero-order valence-electron chi connectivity index (χ0n) is 24.2. The number of ether oxygens (including phenoxy) is 3. The minimum absolute atomic E-state index is 0.0345. The molecule has 19 heteroatoms. The van der Waals surface area contributed by atoms with E-state index in [0.717, 1.165) is 18.8 Å². The molecule has 0 unspecified atom stereocenters. The van der Waals surface area contributed by atoms with Crippen molar-refractivity contribution in [1.29, 1.82) is 0 Å². The lowest BCUT2D eigenvalue weighted by molar-refractivity contribution is 0.235. The molecule has 16 nitrogen and oxygen atoms in total. The number of hydrogen-bond donors (Lipinski definition) is 1. The van der Waals surface area contributed by atoms with Crippen molar-refractivity contribution in [2.24, 2.45) is 0 Å². The number of methoxy groups -OCH3 is 2. The molecule has 0 saturated heterocycles. The molecule has 0 bridgehead atoms. The van der Waals surface area contributed by atoms with Crippen LogP contribution in [0.1, 0.15) is 5.89 Å². The minimum atomic E-state index is -4.19. The van der Waals surface area contributed by atoms with E-state index in [2.05, 4.69) is 10.2 Å². The predicted octanol–water partition coefficient (Wildman–Crippen LogP) is 2.72. The molecule has 0 aliphatic rings. The highest BCUT2D eigenvalue weighted by Crippen LogP contribution is 2.51. The Labute approximate surface area is 258 Å². The zero-order valence-corrected chi connectivity index (χ0v) is 26.6. The number of rotatable bonds is 13. The SMILES string of the molecule is COc1cc(-c2ccc(OS(C)(=O)=O)cc2)c(OC)c(OS(C)(=O)=O)c1-c1ccc(OCc2nnc(O)o2)c(OS(C)(=O)=O)c1. The first-order valence-electron chi connectivity index (χ1n) is 12.3. The van der Waals surface area contributed by atoms with E-state index < -0.39 is 36.4 Å². The van der Waals surface area contributed by atoms with Gasteiger partial charge in [-0.25, -0.2) is 0 Å². The Morgan fingerprint density at radius 1 is 0.689 bits per heavy atom. The van der Waals surface area contributed by atoms with Gasteiger partial charge in [0.1, 0.15) is 11.5 Å². The summed E-state index contributed by atoms with van der Waals surface area (Å²) in [5.74, 6) is -0.791. The third-order valence-electron chi connectivity index (χ3n) is 5.55. The molecule has 0 spiro atoms. The lowest BCUT2D eigenvalue weighted by Gasteiger charge is -2.21. The minimum Gasteiger partial charge on any atom is -0.496 e. The molecule has 0 saturated carbocycles. The maximum Gasteiger partial charge on any atom is 0.412 e. The average molecular weight is 687 g/mol. The van der Waals surface area contributed by atoms with Gasteiger partial charge in [-0.05, 0) is 41.5 Å².